The van der Waals surface area contributed by atoms with Crippen LogP contribution in [0.15, 0.2) is 12.3 Å². The second kappa shape index (κ2) is 11.3. The van der Waals surface area contributed by atoms with Crippen molar-refractivity contribution in [1.82, 2.24) is 20.1 Å². The van der Waals surface area contributed by atoms with Crippen molar-refractivity contribution in [2.45, 2.75) is 77.2 Å². The summed E-state index contributed by atoms with van der Waals surface area (Å²) in [5.41, 5.74) is -0.234. The van der Waals surface area contributed by atoms with Gasteiger partial charge in [-0.2, -0.15) is 0 Å². The SMILES string of the molecule is CC(C)NC(=O)N(C)C[C@@H]1Oc2ncc(C#CC3(O)CCCC3)cc2C(=O)N([C@H](C)CO)C[C@@H]1C. The van der Waals surface area contributed by atoms with E-state index in [0.29, 0.717) is 31.5 Å². The van der Waals surface area contributed by atoms with Crippen molar-refractivity contribution in [1.29, 1.82) is 0 Å². The summed E-state index contributed by atoms with van der Waals surface area (Å²) in [6.45, 7) is 7.99. The lowest BCUT2D eigenvalue weighted by Gasteiger charge is -2.37. The van der Waals surface area contributed by atoms with Gasteiger partial charge in [-0.1, -0.05) is 18.8 Å². The number of urea groups is 1. The van der Waals surface area contributed by atoms with Crippen LogP contribution in [0.2, 0.25) is 0 Å². The maximum Gasteiger partial charge on any atom is 0.317 e. The summed E-state index contributed by atoms with van der Waals surface area (Å²) in [5, 5.41) is 23.2. The summed E-state index contributed by atoms with van der Waals surface area (Å²) in [5.74, 6) is 5.67. The van der Waals surface area contributed by atoms with E-state index < -0.39 is 17.7 Å². The Morgan fingerprint density at radius 1 is 1.37 bits per heavy atom. The quantitative estimate of drug-likeness (QED) is 0.549. The lowest BCUT2D eigenvalue weighted by atomic mass is 9.99. The summed E-state index contributed by atoms with van der Waals surface area (Å²) >= 11 is 0. The number of amides is 3. The van der Waals surface area contributed by atoms with Crippen molar-refractivity contribution in [2.24, 2.45) is 5.92 Å². The molecule has 2 heterocycles. The van der Waals surface area contributed by atoms with Crippen LogP contribution in [-0.2, 0) is 0 Å². The first kappa shape index (κ1) is 26.8. The highest BCUT2D eigenvalue weighted by molar-refractivity contribution is 5.97. The van der Waals surface area contributed by atoms with Crippen LogP contribution in [0.3, 0.4) is 0 Å². The molecule has 0 unspecified atom stereocenters. The molecule has 9 heteroatoms. The molecular formula is C26H38N4O5. The maximum absolute atomic E-state index is 13.5. The highest BCUT2D eigenvalue weighted by atomic mass is 16.5. The molecule has 3 N–H and O–H groups in total. The summed E-state index contributed by atoms with van der Waals surface area (Å²) in [7, 11) is 1.70. The molecule has 2 aliphatic rings. The van der Waals surface area contributed by atoms with Gasteiger partial charge >= 0.3 is 6.03 Å². The predicted molar refractivity (Wildman–Crippen MR) is 132 cm³/mol. The maximum atomic E-state index is 13.5. The van der Waals surface area contributed by atoms with E-state index in [2.05, 4.69) is 22.1 Å². The molecule has 0 aromatic carbocycles. The third-order valence-electron chi connectivity index (χ3n) is 6.60. The fourth-order valence-corrected chi connectivity index (χ4v) is 4.37. The van der Waals surface area contributed by atoms with Gasteiger partial charge in [0.1, 0.15) is 17.3 Å². The molecule has 3 rings (SSSR count). The topological polar surface area (TPSA) is 115 Å². The van der Waals surface area contributed by atoms with Crippen molar-refractivity contribution in [3.05, 3.63) is 23.4 Å². The fraction of sp³-hybridized carbons (Fsp3) is 0.654. The Morgan fingerprint density at radius 3 is 2.69 bits per heavy atom. The third kappa shape index (κ3) is 6.65. The Hall–Kier alpha value is -2.83. The van der Waals surface area contributed by atoms with E-state index in [-0.39, 0.29) is 41.9 Å². The number of pyridine rings is 1. The van der Waals surface area contributed by atoms with Gasteiger partial charge in [0, 0.05) is 37.3 Å². The zero-order valence-electron chi connectivity index (χ0n) is 21.4. The number of carbonyl (C=O) groups is 2. The van der Waals surface area contributed by atoms with Crippen molar-refractivity contribution in [3.8, 4) is 17.7 Å². The molecule has 9 nitrogen and oxygen atoms in total. The summed E-state index contributed by atoms with van der Waals surface area (Å²) in [4.78, 5) is 33.6. The molecule has 192 valence electrons. The van der Waals surface area contributed by atoms with E-state index in [9.17, 15) is 19.8 Å². The number of ether oxygens (including phenoxy) is 1. The molecule has 1 saturated carbocycles. The first-order valence-corrected chi connectivity index (χ1v) is 12.4. The number of likely N-dealkylation sites (N-methyl/N-ethyl adjacent to an activating group) is 1. The van der Waals surface area contributed by atoms with Gasteiger partial charge in [-0.25, -0.2) is 9.78 Å². The lowest BCUT2D eigenvalue weighted by Crippen LogP contribution is -2.51. The average Bonchev–Trinajstić information content (AvgIpc) is 3.25. The predicted octanol–water partition coefficient (Wildman–Crippen LogP) is 2.01. The number of aliphatic hydroxyl groups excluding tert-OH is 1. The Morgan fingerprint density at radius 2 is 2.06 bits per heavy atom. The minimum absolute atomic E-state index is 0.00311. The van der Waals surface area contributed by atoms with E-state index in [4.69, 9.17) is 4.74 Å². The van der Waals surface area contributed by atoms with Gasteiger partial charge < -0.3 is 30.1 Å². The molecule has 0 bridgehead atoms. The highest BCUT2D eigenvalue weighted by Crippen LogP contribution is 2.30. The molecule has 0 spiro atoms. The Labute approximate surface area is 207 Å². The van der Waals surface area contributed by atoms with Gasteiger partial charge in [0.15, 0.2) is 0 Å². The number of nitrogens with one attached hydrogen (secondary N) is 1. The van der Waals surface area contributed by atoms with Crippen LogP contribution in [0.4, 0.5) is 4.79 Å². The number of carbonyl (C=O) groups excluding carboxylic acids is 2. The van der Waals surface area contributed by atoms with Crippen LogP contribution < -0.4 is 10.1 Å². The molecule has 1 aromatic rings. The molecule has 1 aromatic heterocycles. The third-order valence-corrected chi connectivity index (χ3v) is 6.60. The van der Waals surface area contributed by atoms with Crippen LogP contribution in [0.5, 0.6) is 5.88 Å². The van der Waals surface area contributed by atoms with Crippen molar-refractivity contribution in [3.63, 3.8) is 0 Å². The number of hydrogen-bond donors (Lipinski definition) is 3. The average molecular weight is 487 g/mol. The highest BCUT2D eigenvalue weighted by Gasteiger charge is 2.35. The molecule has 3 amide bonds. The van der Waals surface area contributed by atoms with Crippen LogP contribution in [0.1, 0.15) is 69.3 Å². The fourth-order valence-electron chi connectivity index (χ4n) is 4.37. The second-order valence-corrected chi connectivity index (χ2v) is 10.2. The van der Waals surface area contributed by atoms with Gasteiger partial charge in [-0.3, -0.25) is 4.79 Å². The van der Waals surface area contributed by atoms with Gasteiger partial charge in [0.25, 0.3) is 5.91 Å². The van der Waals surface area contributed by atoms with Crippen molar-refractivity contribution < 1.29 is 24.5 Å². The van der Waals surface area contributed by atoms with Gasteiger partial charge in [-0.05, 0) is 52.5 Å². The van der Waals surface area contributed by atoms with Gasteiger partial charge in [0.05, 0.1) is 19.2 Å². The molecular weight excluding hydrogens is 448 g/mol. The summed E-state index contributed by atoms with van der Waals surface area (Å²) in [6.07, 6.45) is 4.27. The number of aliphatic hydroxyl groups is 2. The van der Waals surface area contributed by atoms with Crippen LogP contribution in [-0.4, -0.2) is 87.5 Å². The van der Waals surface area contributed by atoms with Crippen molar-refractivity contribution >= 4 is 11.9 Å². The molecule has 1 aliphatic carbocycles. The lowest BCUT2D eigenvalue weighted by molar-refractivity contribution is 0.0351. The summed E-state index contributed by atoms with van der Waals surface area (Å²) in [6, 6.07) is 1.02. The zero-order valence-corrected chi connectivity index (χ0v) is 21.4. The van der Waals surface area contributed by atoms with Crippen LogP contribution >= 0.6 is 0 Å². The molecule has 0 radical (unpaired) electrons. The van der Waals surface area contributed by atoms with E-state index >= 15 is 0 Å². The molecule has 3 atom stereocenters. The summed E-state index contributed by atoms with van der Waals surface area (Å²) < 4.78 is 6.22. The minimum atomic E-state index is -0.996. The number of nitrogens with zero attached hydrogens (tertiary/aromatic N) is 3. The van der Waals surface area contributed by atoms with Crippen LogP contribution in [0, 0.1) is 17.8 Å². The largest absolute Gasteiger partial charge is 0.472 e. The molecule has 35 heavy (non-hydrogen) atoms. The standard InChI is InChI=1S/C26H38N4O5/c1-17(2)28-25(33)29(5)15-22-18(3)14-30(19(4)16-31)24(32)21-12-20(13-27-23(21)35-22)8-11-26(34)9-6-7-10-26/h12-13,17-19,22,31,34H,6-7,9-10,14-16H2,1-5H3,(H,28,33)/t18-,19+,22-/m0/s1. The number of hydrogen-bond acceptors (Lipinski definition) is 6. The Balaban J connectivity index is 1.93. The van der Waals surface area contributed by atoms with Crippen molar-refractivity contribution in [2.75, 3.05) is 26.7 Å². The second-order valence-electron chi connectivity index (χ2n) is 10.2. The molecule has 0 saturated heterocycles. The van der Waals surface area contributed by atoms with Gasteiger partial charge in [-0.15, -0.1) is 0 Å². The number of rotatable bonds is 5. The minimum Gasteiger partial charge on any atom is -0.472 e. The van der Waals surface area contributed by atoms with E-state index in [1.807, 2.05) is 20.8 Å². The Bertz CT molecular complexity index is 980. The number of aromatic nitrogens is 1. The van der Waals surface area contributed by atoms with Gasteiger partial charge in [0.2, 0.25) is 5.88 Å². The number of fused-ring (bicyclic) bond motifs is 1. The van der Waals surface area contributed by atoms with E-state index in [1.165, 1.54) is 6.20 Å². The molecule has 1 aliphatic heterocycles. The Kier molecular flexibility index (Phi) is 8.62. The van der Waals surface area contributed by atoms with E-state index in [0.717, 1.165) is 12.8 Å². The monoisotopic (exact) mass is 486 g/mol. The first-order chi connectivity index (χ1) is 16.5. The zero-order chi connectivity index (χ0) is 25.8. The molecule has 1 fully saturated rings. The smallest absolute Gasteiger partial charge is 0.317 e. The van der Waals surface area contributed by atoms with E-state index in [1.54, 1.807) is 29.8 Å². The first-order valence-electron chi connectivity index (χ1n) is 12.4. The normalized spacial score (nSPS) is 22.3. The van der Waals surface area contributed by atoms with Crippen LogP contribution in [0.25, 0.3) is 0 Å².